The number of hydrogen-bond donors (Lipinski definition) is 3. The van der Waals surface area contributed by atoms with Crippen LogP contribution in [0.4, 0.5) is 0 Å². The van der Waals surface area contributed by atoms with Crippen LogP contribution in [0.2, 0.25) is 5.02 Å². The average Bonchev–Trinajstić information content (AvgIpc) is 2.47. The van der Waals surface area contributed by atoms with Crippen LogP contribution in [0.3, 0.4) is 0 Å². The number of amides is 1. The highest BCUT2D eigenvalue weighted by Crippen LogP contribution is 2.12. The molecule has 0 saturated carbocycles. The van der Waals surface area contributed by atoms with E-state index in [4.69, 9.17) is 11.6 Å². The summed E-state index contributed by atoms with van der Waals surface area (Å²) in [6.45, 7) is 10.2. The Labute approximate surface area is 143 Å². The Morgan fingerprint density at radius 1 is 1.17 bits per heavy atom. The van der Waals surface area contributed by atoms with Gasteiger partial charge in [0.05, 0.1) is 6.54 Å². The molecule has 0 saturated heterocycles. The Morgan fingerprint density at radius 3 is 2.48 bits per heavy atom. The molecule has 23 heavy (non-hydrogen) atoms. The lowest BCUT2D eigenvalue weighted by molar-refractivity contribution is -0.128. The summed E-state index contributed by atoms with van der Waals surface area (Å²) in [5, 5.41) is 9.99. The van der Waals surface area contributed by atoms with E-state index >= 15 is 0 Å². The molecule has 0 fully saturated rings. The summed E-state index contributed by atoms with van der Waals surface area (Å²) in [5.41, 5.74) is 0.682. The second-order valence-corrected chi connectivity index (χ2v) is 6.69. The number of guanidine groups is 1. The number of aliphatic imine (C=N–C) groups is 1. The van der Waals surface area contributed by atoms with E-state index in [1.165, 1.54) is 0 Å². The van der Waals surface area contributed by atoms with E-state index in [-0.39, 0.29) is 11.3 Å². The number of halogens is 1. The van der Waals surface area contributed by atoms with Gasteiger partial charge in [-0.05, 0) is 24.6 Å². The molecule has 1 amide bonds. The smallest absolute Gasteiger partial charge is 0.225 e. The number of carbonyl (C=O) groups excluding carboxylic acids is 1. The summed E-state index contributed by atoms with van der Waals surface area (Å²) in [5.74, 6) is 0.762. The molecule has 5 nitrogen and oxygen atoms in total. The van der Waals surface area contributed by atoms with Gasteiger partial charge in [0.1, 0.15) is 0 Å². The Balaban J connectivity index is 2.45. The van der Waals surface area contributed by atoms with Crippen molar-refractivity contribution in [1.82, 2.24) is 16.0 Å². The number of rotatable bonds is 6. The maximum absolute atomic E-state index is 11.8. The highest BCUT2D eigenvalue weighted by Gasteiger charge is 2.20. The first-order valence-corrected chi connectivity index (χ1v) is 8.25. The summed E-state index contributed by atoms with van der Waals surface area (Å²) in [6.07, 6.45) is 0. The molecule has 0 bridgehead atoms. The van der Waals surface area contributed by atoms with Gasteiger partial charge in [0.2, 0.25) is 5.91 Å². The molecule has 1 aromatic rings. The molecule has 0 unspecified atom stereocenters. The summed E-state index contributed by atoms with van der Waals surface area (Å²) in [6, 6.07) is 7.65. The molecule has 1 rings (SSSR count). The van der Waals surface area contributed by atoms with Gasteiger partial charge in [0.25, 0.3) is 0 Å². The number of hydrogen-bond acceptors (Lipinski definition) is 2. The quantitative estimate of drug-likeness (QED) is 0.424. The maximum Gasteiger partial charge on any atom is 0.225 e. The first kappa shape index (κ1) is 19.3. The van der Waals surface area contributed by atoms with Crippen LogP contribution in [-0.2, 0) is 11.3 Å². The van der Waals surface area contributed by atoms with E-state index in [1.807, 2.05) is 52.0 Å². The molecule has 128 valence electrons. The maximum atomic E-state index is 11.8. The number of benzene rings is 1. The number of nitrogens with zero attached hydrogens (tertiary/aromatic N) is 1. The largest absolute Gasteiger partial charge is 0.357 e. The van der Waals surface area contributed by atoms with Crippen molar-refractivity contribution in [3.8, 4) is 0 Å². The first-order chi connectivity index (χ1) is 10.8. The van der Waals surface area contributed by atoms with Gasteiger partial charge in [-0.25, -0.2) is 4.99 Å². The lowest BCUT2D eigenvalue weighted by Gasteiger charge is -2.18. The van der Waals surface area contributed by atoms with E-state index in [1.54, 1.807) is 0 Å². The van der Waals surface area contributed by atoms with Gasteiger partial charge >= 0.3 is 0 Å². The summed E-state index contributed by atoms with van der Waals surface area (Å²) < 4.78 is 0. The fourth-order valence-corrected chi connectivity index (χ4v) is 1.98. The molecular weight excluding hydrogens is 312 g/mol. The Morgan fingerprint density at radius 2 is 1.87 bits per heavy atom. The normalized spacial score (nSPS) is 12.0. The molecule has 0 aliphatic carbocycles. The first-order valence-electron chi connectivity index (χ1n) is 7.88. The molecule has 0 aromatic heterocycles. The third kappa shape index (κ3) is 7.88. The zero-order valence-corrected chi connectivity index (χ0v) is 15.1. The van der Waals surface area contributed by atoms with Crippen LogP contribution in [-0.4, -0.2) is 31.5 Å². The van der Waals surface area contributed by atoms with E-state index in [0.29, 0.717) is 24.7 Å². The Hall–Kier alpha value is -1.75. The van der Waals surface area contributed by atoms with Crippen molar-refractivity contribution < 1.29 is 4.79 Å². The minimum absolute atomic E-state index is 0.0418. The molecule has 0 aliphatic heterocycles. The van der Waals surface area contributed by atoms with Crippen LogP contribution < -0.4 is 16.0 Å². The molecule has 3 N–H and O–H groups in total. The Bertz CT molecular complexity index is 538. The van der Waals surface area contributed by atoms with Crippen LogP contribution in [0, 0.1) is 5.41 Å². The lowest BCUT2D eigenvalue weighted by Crippen LogP contribution is -2.43. The zero-order chi connectivity index (χ0) is 17.3. The van der Waals surface area contributed by atoms with Crippen molar-refractivity contribution in [2.75, 3.05) is 19.6 Å². The summed E-state index contributed by atoms with van der Waals surface area (Å²) in [7, 11) is 0. The van der Waals surface area contributed by atoms with Crippen LogP contribution in [0.15, 0.2) is 29.3 Å². The average molecular weight is 339 g/mol. The van der Waals surface area contributed by atoms with Gasteiger partial charge in [0, 0.05) is 30.1 Å². The van der Waals surface area contributed by atoms with Crippen molar-refractivity contribution >= 4 is 23.5 Å². The van der Waals surface area contributed by atoms with Crippen molar-refractivity contribution in [1.29, 1.82) is 0 Å². The van der Waals surface area contributed by atoms with Gasteiger partial charge in [0.15, 0.2) is 5.96 Å². The van der Waals surface area contributed by atoms with E-state index < -0.39 is 0 Å². The standard InChI is InChI=1S/C17H27ClN4O/c1-5-19-16(21-10-9-20-15(23)17(2,3)4)22-12-13-7-6-8-14(18)11-13/h6-8,11H,5,9-10,12H2,1-4H3,(H,20,23)(H2,19,21,22). The van der Waals surface area contributed by atoms with Gasteiger partial charge in [-0.2, -0.15) is 0 Å². The van der Waals surface area contributed by atoms with E-state index in [2.05, 4.69) is 20.9 Å². The molecule has 6 heteroatoms. The highest BCUT2D eigenvalue weighted by molar-refractivity contribution is 6.30. The van der Waals surface area contributed by atoms with Crippen LogP contribution in [0.1, 0.15) is 33.3 Å². The van der Waals surface area contributed by atoms with Gasteiger partial charge < -0.3 is 16.0 Å². The second kappa shape index (κ2) is 9.40. The molecule has 0 aliphatic rings. The number of carbonyl (C=O) groups is 1. The van der Waals surface area contributed by atoms with Gasteiger partial charge in [-0.15, -0.1) is 0 Å². The predicted octanol–water partition coefficient (Wildman–Crippen LogP) is 2.56. The highest BCUT2D eigenvalue weighted by atomic mass is 35.5. The third-order valence-corrected chi connectivity index (χ3v) is 3.27. The molecule has 0 heterocycles. The molecular formula is C17H27ClN4O. The minimum Gasteiger partial charge on any atom is -0.357 e. The van der Waals surface area contributed by atoms with Crippen LogP contribution >= 0.6 is 11.6 Å². The molecule has 1 aromatic carbocycles. The lowest BCUT2D eigenvalue weighted by atomic mass is 9.96. The molecule has 0 spiro atoms. The third-order valence-electron chi connectivity index (χ3n) is 3.04. The van der Waals surface area contributed by atoms with Crippen LogP contribution in [0.5, 0.6) is 0 Å². The van der Waals surface area contributed by atoms with Crippen molar-refractivity contribution in [3.05, 3.63) is 34.9 Å². The monoisotopic (exact) mass is 338 g/mol. The topological polar surface area (TPSA) is 65.5 Å². The van der Waals surface area contributed by atoms with Crippen molar-refractivity contribution in [2.45, 2.75) is 34.2 Å². The summed E-state index contributed by atoms with van der Waals surface area (Å²) >= 11 is 5.97. The predicted molar refractivity (Wildman–Crippen MR) is 96.7 cm³/mol. The second-order valence-electron chi connectivity index (χ2n) is 6.26. The SMILES string of the molecule is CCNC(=NCc1cccc(Cl)c1)NCCNC(=O)C(C)(C)C. The summed E-state index contributed by atoms with van der Waals surface area (Å²) in [4.78, 5) is 16.3. The molecule has 0 radical (unpaired) electrons. The fraction of sp³-hybridized carbons (Fsp3) is 0.529. The van der Waals surface area contributed by atoms with Crippen molar-refractivity contribution in [2.24, 2.45) is 10.4 Å². The van der Waals surface area contributed by atoms with E-state index in [0.717, 1.165) is 18.1 Å². The van der Waals surface area contributed by atoms with Gasteiger partial charge in [-0.3, -0.25) is 4.79 Å². The number of nitrogens with one attached hydrogen (secondary N) is 3. The minimum atomic E-state index is -0.370. The zero-order valence-electron chi connectivity index (χ0n) is 14.4. The Kier molecular flexibility index (Phi) is 7.89. The van der Waals surface area contributed by atoms with E-state index in [9.17, 15) is 4.79 Å². The van der Waals surface area contributed by atoms with Gasteiger partial charge in [-0.1, -0.05) is 44.5 Å². The van der Waals surface area contributed by atoms with Crippen LogP contribution in [0.25, 0.3) is 0 Å². The van der Waals surface area contributed by atoms with Crippen molar-refractivity contribution in [3.63, 3.8) is 0 Å². The fourth-order valence-electron chi connectivity index (χ4n) is 1.77. The molecule has 0 atom stereocenters.